The summed E-state index contributed by atoms with van der Waals surface area (Å²) in [4.78, 5) is 12.0. The number of rotatable bonds is 14. The lowest BCUT2D eigenvalue weighted by Crippen LogP contribution is -2.55. The summed E-state index contributed by atoms with van der Waals surface area (Å²) in [6, 6.07) is 0. The molecule has 1 fully saturated rings. The summed E-state index contributed by atoms with van der Waals surface area (Å²) < 4.78 is 59.0. The van der Waals surface area contributed by atoms with Gasteiger partial charge in [0, 0.05) is 19.8 Å². The van der Waals surface area contributed by atoms with Crippen LogP contribution in [-0.2, 0) is 19.0 Å². The smallest absolute Gasteiger partial charge is 0.397 e. The van der Waals surface area contributed by atoms with Crippen LogP contribution in [0, 0.1) is 11.3 Å². The highest BCUT2D eigenvalue weighted by atomic mass is 19.4. The van der Waals surface area contributed by atoms with Gasteiger partial charge in [-0.1, -0.05) is 19.1 Å². The van der Waals surface area contributed by atoms with Crippen molar-refractivity contribution in [2.45, 2.75) is 78.2 Å². The van der Waals surface area contributed by atoms with Crippen LogP contribution in [0.3, 0.4) is 0 Å². The van der Waals surface area contributed by atoms with Crippen molar-refractivity contribution in [3.05, 3.63) is 35.5 Å². The Bertz CT molecular complexity index is 724. The molecule has 0 aliphatic heterocycles. The number of hydrogen-bond donors (Lipinski definition) is 1. The first kappa shape index (κ1) is 29.4. The van der Waals surface area contributed by atoms with Crippen molar-refractivity contribution in [2.24, 2.45) is 11.3 Å². The van der Waals surface area contributed by atoms with Crippen LogP contribution >= 0.6 is 0 Å². The third-order valence-electron chi connectivity index (χ3n) is 6.34. The highest BCUT2D eigenvalue weighted by Crippen LogP contribution is 2.52. The molecule has 5 nitrogen and oxygen atoms in total. The molecule has 1 aliphatic rings. The molecule has 0 spiro atoms. The van der Waals surface area contributed by atoms with Gasteiger partial charge in [0.15, 0.2) is 0 Å². The number of carbonyl (C=O) groups excluding carboxylic acids is 1. The second-order valence-electron chi connectivity index (χ2n) is 8.78. The van der Waals surface area contributed by atoms with E-state index in [1.54, 1.807) is 13.8 Å². The summed E-state index contributed by atoms with van der Waals surface area (Å²) >= 11 is 0. The van der Waals surface area contributed by atoms with E-state index in [9.17, 15) is 23.1 Å². The molecule has 0 aromatic rings. The summed E-state index contributed by atoms with van der Waals surface area (Å²) in [7, 11) is 1.43. The molecule has 190 valence electrons. The minimum atomic E-state index is -4.74. The van der Waals surface area contributed by atoms with Gasteiger partial charge in [-0.3, -0.25) is 0 Å². The number of ether oxygens (including phenoxy) is 3. The number of halogens is 3. The number of allylic oxidation sites excluding steroid dienone is 2. The highest BCUT2D eigenvalue weighted by Gasteiger charge is 2.62. The molecule has 3 unspecified atom stereocenters. The quantitative estimate of drug-likeness (QED) is 0.154. The molecule has 1 N–H and O–H groups in total. The minimum Gasteiger partial charge on any atom is -0.463 e. The molecule has 0 radical (unpaired) electrons. The normalized spacial score (nSPS) is 20.4. The van der Waals surface area contributed by atoms with Crippen LogP contribution in [0.15, 0.2) is 35.5 Å². The maximum absolute atomic E-state index is 14.5. The second-order valence-corrected chi connectivity index (χ2v) is 8.78. The molecule has 8 heteroatoms. The Labute approximate surface area is 195 Å². The first-order valence-electron chi connectivity index (χ1n) is 11.5. The lowest BCUT2D eigenvalue weighted by atomic mass is 9.66. The predicted molar refractivity (Wildman–Crippen MR) is 122 cm³/mol. The summed E-state index contributed by atoms with van der Waals surface area (Å²) in [6.45, 7) is 7.91. The van der Waals surface area contributed by atoms with E-state index >= 15 is 0 Å². The van der Waals surface area contributed by atoms with E-state index < -0.39 is 29.6 Å². The first-order chi connectivity index (χ1) is 15.4. The maximum atomic E-state index is 14.5. The van der Waals surface area contributed by atoms with Crippen LogP contribution in [0.5, 0.6) is 0 Å². The Morgan fingerprint density at radius 3 is 2.36 bits per heavy atom. The van der Waals surface area contributed by atoms with Crippen LogP contribution in [0.25, 0.3) is 0 Å². The van der Waals surface area contributed by atoms with E-state index in [4.69, 9.17) is 14.2 Å². The molecule has 1 aliphatic carbocycles. The van der Waals surface area contributed by atoms with Crippen molar-refractivity contribution in [3.63, 3.8) is 0 Å². The third kappa shape index (κ3) is 7.97. The van der Waals surface area contributed by atoms with Gasteiger partial charge in [0.25, 0.3) is 0 Å². The van der Waals surface area contributed by atoms with E-state index in [2.05, 4.69) is 0 Å². The molecule has 0 bridgehead atoms. The van der Waals surface area contributed by atoms with E-state index in [1.807, 2.05) is 6.92 Å². The van der Waals surface area contributed by atoms with Gasteiger partial charge in [0.2, 0.25) is 0 Å². The maximum Gasteiger partial charge on any atom is 0.397 e. The van der Waals surface area contributed by atoms with Crippen molar-refractivity contribution in [3.8, 4) is 0 Å². The van der Waals surface area contributed by atoms with Gasteiger partial charge < -0.3 is 19.3 Å². The largest absolute Gasteiger partial charge is 0.463 e. The summed E-state index contributed by atoms with van der Waals surface area (Å²) in [6.07, 6.45) is 2.27. The average Bonchev–Trinajstić information content (AvgIpc) is 3.58. The average molecular weight is 477 g/mol. The van der Waals surface area contributed by atoms with Crippen molar-refractivity contribution in [1.29, 1.82) is 0 Å². The lowest BCUT2D eigenvalue weighted by Gasteiger charge is -2.45. The summed E-state index contributed by atoms with van der Waals surface area (Å²) in [5.41, 5.74) is -4.27. The number of alkyl halides is 3. The highest BCUT2D eigenvalue weighted by molar-refractivity contribution is 5.83. The van der Waals surface area contributed by atoms with Gasteiger partial charge in [-0.15, -0.1) is 0 Å². The van der Waals surface area contributed by atoms with Crippen molar-refractivity contribution < 1.29 is 37.3 Å². The molecule has 0 aromatic carbocycles. The van der Waals surface area contributed by atoms with Gasteiger partial charge in [0.1, 0.15) is 11.0 Å². The molecule has 0 heterocycles. The summed E-state index contributed by atoms with van der Waals surface area (Å²) in [5, 5.41) is 11.6. The zero-order valence-corrected chi connectivity index (χ0v) is 20.6. The molecular weight excluding hydrogens is 437 g/mol. The fourth-order valence-electron chi connectivity index (χ4n) is 3.50. The third-order valence-corrected chi connectivity index (χ3v) is 6.34. The minimum absolute atomic E-state index is 0.0490. The van der Waals surface area contributed by atoms with Crippen LogP contribution in [0.4, 0.5) is 13.2 Å². The zero-order chi connectivity index (χ0) is 25.3. The number of hydrogen-bond acceptors (Lipinski definition) is 5. The number of esters is 1. The fourth-order valence-corrected chi connectivity index (χ4v) is 3.50. The Morgan fingerprint density at radius 1 is 1.24 bits per heavy atom. The van der Waals surface area contributed by atoms with Crippen molar-refractivity contribution >= 4 is 5.97 Å². The van der Waals surface area contributed by atoms with E-state index in [0.29, 0.717) is 12.0 Å². The number of methoxy groups -OCH3 is 1. The standard InChI is InChI=1S/C25H39F3O5/c1-7-19(4)33-16-14-23(5,25(26,27)28)24(30,18(3)12-15-31-6)13-11-21(20-9-10-20)17-22(29)32-8-2/h11-13,17,19-20,30H,7-10,14-16H2,1-6H3. The monoisotopic (exact) mass is 476 g/mol. The Morgan fingerprint density at radius 2 is 1.88 bits per heavy atom. The van der Waals surface area contributed by atoms with E-state index in [0.717, 1.165) is 25.8 Å². The summed E-state index contributed by atoms with van der Waals surface area (Å²) in [5.74, 6) is -0.496. The number of aliphatic hydroxyl groups is 1. The molecule has 0 amide bonds. The molecule has 33 heavy (non-hydrogen) atoms. The topological polar surface area (TPSA) is 65.0 Å². The predicted octanol–water partition coefficient (Wildman–Crippen LogP) is 5.54. The molecular formula is C25H39F3O5. The molecule has 0 saturated heterocycles. The zero-order valence-electron chi connectivity index (χ0n) is 20.6. The molecule has 1 saturated carbocycles. The van der Waals surface area contributed by atoms with Crippen molar-refractivity contribution in [2.75, 3.05) is 26.9 Å². The Hall–Kier alpha value is -1.64. The van der Waals surface area contributed by atoms with Gasteiger partial charge in [-0.05, 0) is 76.5 Å². The van der Waals surface area contributed by atoms with E-state index in [1.165, 1.54) is 32.3 Å². The second kappa shape index (κ2) is 12.7. The SMILES string of the molecule is CCOC(=O)C=C(C=CC(O)(C(C)=CCOC)C(C)(CCOC(C)CC)C(F)(F)F)C1CC1. The molecule has 1 rings (SSSR count). The van der Waals surface area contributed by atoms with Crippen LogP contribution in [0.1, 0.15) is 60.3 Å². The van der Waals surface area contributed by atoms with Gasteiger partial charge in [-0.2, -0.15) is 13.2 Å². The molecule has 0 aromatic heterocycles. The van der Waals surface area contributed by atoms with Crippen LogP contribution in [0.2, 0.25) is 0 Å². The Balaban J connectivity index is 3.47. The van der Waals surface area contributed by atoms with Gasteiger partial charge >= 0.3 is 12.1 Å². The van der Waals surface area contributed by atoms with Gasteiger partial charge in [0.05, 0.1) is 19.3 Å². The Kier molecular flexibility index (Phi) is 11.3. The number of carbonyl (C=O) groups is 1. The van der Waals surface area contributed by atoms with E-state index in [-0.39, 0.29) is 37.4 Å². The fraction of sp³-hybridized carbons (Fsp3) is 0.720. The lowest BCUT2D eigenvalue weighted by molar-refractivity contribution is -0.265. The van der Waals surface area contributed by atoms with Crippen LogP contribution < -0.4 is 0 Å². The van der Waals surface area contributed by atoms with Crippen LogP contribution in [-0.4, -0.2) is 55.9 Å². The van der Waals surface area contributed by atoms with Crippen molar-refractivity contribution in [1.82, 2.24) is 0 Å². The molecule has 3 atom stereocenters. The van der Waals surface area contributed by atoms with Gasteiger partial charge in [-0.25, -0.2) is 4.79 Å². The first-order valence-corrected chi connectivity index (χ1v) is 11.5.